The van der Waals surface area contributed by atoms with Crippen LogP contribution in [0.4, 0.5) is 4.79 Å². The van der Waals surface area contributed by atoms with E-state index in [1.165, 1.54) is 7.11 Å². The third-order valence-corrected chi connectivity index (χ3v) is 2.95. The highest BCUT2D eigenvalue weighted by atomic mass is 16.5. The van der Waals surface area contributed by atoms with Crippen molar-refractivity contribution in [3.8, 4) is 0 Å². The summed E-state index contributed by atoms with van der Waals surface area (Å²) in [5.41, 5.74) is 0. The minimum absolute atomic E-state index is 0.231. The first-order valence-electron chi connectivity index (χ1n) is 5.32. The second-order valence-corrected chi connectivity index (χ2v) is 4.22. The van der Waals surface area contributed by atoms with E-state index in [-0.39, 0.29) is 11.8 Å². The fourth-order valence-corrected chi connectivity index (χ4v) is 1.98. The molecule has 0 aromatic carbocycles. The largest absolute Gasteiger partial charge is 0.453 e. The normalized spacial score (nSPS) is 25.5. The Kier molecular flexibility index (Phi) is 2.79. The highest BCUT2D eigenvalue weighted by molar-refractivity contribution is 5.79. The van der Waals surface area contributed by atoms with Crippen molar-refractivity contribution in [2.75, 3.05) is 20.2 Å². The average molecular weight is 212 g/mol. The topological polar surface area (TPSA) is 58.6 Å². The summed E-state index contributed by atoms with van der Waals surface area (Å²) in [5.74, 6) is 0.478. The summed E-state index contributed by atoms with van der Waals surface area (Å²) >= 11 is 0. The molecule has 0 aromatic rings. The molecule has 1 saturated carbocycles. The lowest BCUT2D eigenvalue weighted by Gasteiger charge is -2.15. The van der Waals surface area contributed by atoms with Crippen molar-refractivity contribution < 1.29 is 14.3 Å². The SMILES string of the molecule is COC(=O)NCC1CC(=O)N(C2CC2)C1. The number of ether oxygens (including phenoxy) is 1. The maximum atomic E-state index is 11.6. The van der Waals surface area contributed by atoms with Crippen LogP contribution in [0.1, 0.15) is 19.3 Å². The molecule has 1 atom stereocenters. The van der Waals surface area contributed by atoms with Crippen LogP contribution in [0.5, 0.6) is 0 Å². The molecule has 1 aliphatic carbocycles. The van der Waals surface area contributed by atoms with Crippen LogP contribution in [0.25, 0.3) is 0 Å². The van der Waals surface area contributed by atoms with Gasteiger partial charge in [0, 0.05) is 31.5 Å². The van der Waals surface area contributed by atoms with E-state index in [9.17, 15) is 9.59 Å². The second-order valence-electron chi connectivity index (χ2n) is 4.22. The number of carbonyl (C=O) groups excluding carboxylic acids is 2. The van der Waals surface area contributed by atoms with Crippen molar-refractivity contribution in [2.24, 2.45) is 5.92 Å². The van der Waals surface area contributed by atoms with Gasteiger partial charge in [0.15, 0.2) is 0 Å². The molecule has 5 heteroatoms. The Morgan fingerprint density at radius 1 is 1.60 bits per heavy atom. The summed E-state index contributed by atoms with van der Waals surface area (Å²) in [6, 6.07) is 0.487. The van der Waals surface area contributed by atoms with Crippen molar-refractivity contribution in [3.63, 3.8) is 0 Å². The van der Waals surface area contributed by atoms with Crippen LogP contribution in [-0.4, -0.2) is 43.1 Å². The number of methoxy groups -OCH3 is 1. The van der Waals surface area contributed by atoms with Gasteiger partial charge in [-0.3, -0.25) is 4.79 Å². The van der Waals surface area contributed by atoms with Crippen molar-refractivity contribution in [1.29, 1.82) is 0 Å². The van der Waals surface area contributed by atoms with Gasteiger partial charge in [-0.2, -0.15) is 0 Å². The second kappa shape index (κ2) is 4.08. The van der Waals surface area contributed by atoms with Crippen molar-refractivity contribution >= 4 is 12.0 Å². The van der Waals surface area contributed by atoms with Gasteiger partial charge >= 0.3 is 6.09 Å². The first kappa shape index (κ1) is 10.3. The van der Waals surface area contributed by atoms with Crippen molar-refractivity contribution in [1.82, 2.24) is 10.2 Å². The van der Waals surface area contributed by atoms with Gasteiger partial charge in [0.2, 0.25) is 5.91 Å². The molecule has 2 amide bonds. The molecular formula is C10H16N2O3. The molecule has 0 aromatic heterocycles. The Morgan fingerprint density at radius 2 is 2.33 bits per heavy atom. The first-order chi connectivity index (χ1) is 7.20. The Labute approximate surface area is 88.8 Å². The maximum absolute atomic E-state index is 11.6. The number of likely N-dealkylation sites (tertiary alicyclic amines) is 1. The van der Waals surface area contributed by atoms with E-state index in [2.05, 4.69) is 10.1 Å². The molecule has 2 aliphatic rings. The fraction of sp³-hybridized carbons (Fsp3) is 0.800. The average Bonchev–Trinajstić information content (AvgIpc) is 3.00. The van der Waals surface area contributed by atoms with Crippen LogP contribution in [-0.2, 0) is 9.53 Å². The van der Waals surface area contributed by atoms with Crippen LogP contribution in [0.15, 0.2) is 0 Å². The molecule has 2 fully saturated rings. The van der Waals surface area contributed by atoms with Crippen molar-refractivity contribution in [3.05, 3.63) is 0 Å². The Hall–Kier alpha value is -1.26. The molecule has 1 aliphatic heterocycles. The molecule has 0 radical (unpaired) electrons. The Morgan fingerprint density at radius 3 is 2.93 bits per heavy atom. The summed E-state index contributed by atoms with van der Waals surface area (Å²) in [5, 5.41) is 2.63. The molecule has 0 spiro atoms. The predicted molar refractivity (Wildman–Crippen MR) is 53.2 cm³/mol. The number of hydrogen-bond donors (Lipinski definition) is 1. The molecule has 1 heterocycles. The third-order valence-electron chi connectivity index (χ3n) is 2.95. The Bertz CT molecular complexity index is 276. The minimum atomic E-state index is -0.424. The monoisotopic (exact) mass is 212 g/mol. The van der Waals surface area contributed by atoms with Gasteiger partial charge in [-0.25, -0.2) is 4.79 Å². The summed E-state index contributed by atoms with van der Waals surface area (Å²) in [6.45, 7) is 1.31. The van der Waals surface area contributed by atoms with Gasteiger partial charge in [0.1, 0.15) is 0 Å². The number of nitrogens with zero attached hydrogens (tertiary/aromatic N) is 1. The lowest BCUT2D eigenvalue weighted by atomic mass is 10.1. The van der Waals surface area contributed by atoms with Gasteiger partial charge in [-0.15, -0.1) is 0 Å². The van der Waals surface area contributed by atoms with E-state index in [0.29, 0.717) is 19.0 Å². The number of nitrogens with one attached hydrogen (secondary N) is 1. The van der Waals surface area contributed by atoms with Gasteiger partial charge in [0.25, 0.3) is 0 Å². The van der Waals surface area contributed by atoms with E-state index >= 15 is 0 Å². The van der Waals surface area contributed by atoms with Gasteiger partial charge in [0.05, 0.1) is 7.11 Å². The van der Waals surface area contributed by atoms with E-state index in [0.717, 1.165) is 19.4 Å². The van der Waals surface area contributed by atoms with E-state index in [1.54, 1.807) is 0 Å². The maximum Gasteiger partial charge on any atom is 0.406 e. The molecule has 5 nitrogen and oxygen atoms in total. The molecule has 84 valence electrons. The third kappa shape index (κ3) is 2.40. The molecule has 1 saturated heterocycles. The van der Waals surface area contributed by atoms with E-state index in [4.69, 9.17) is 0 Å². The zero-order valence-electron chi connectivity index (χ0n) is 8.86. The number of amides is 2. The highest BCUT2D eigenvalue weighted by Crippen LogP contribution is 2.32. The first-order valence-corrected chi connectivity index (χ1v) is 5.32. The molecule has 1 unspecified atom stereocenters. The highest BCUT2D eigenvalue weighted by Gasteiger charge is 2.39. The lowest BCUT2D eigenvalue weighted by Crippen LogP contribution is -2.31. The van der Waals surface area contributed by atoms with E-state index in [1.807, 2.05) is 4.90 Å². The van der Waals surface area contributed by atoms with Gasteiger partial charge < -0.3 is 15.0 Å². The fourth-order valence-electron chi connectivity index (χ4n) is 1.98. The van der Waals surface area contributed by atoms with Crippen LogP contribution in [0, 0.1) is 5.92 Å². The number of hydrogen-bond acceptors (Lipinski definition) is 3. The standard InChI is InChI=1S/C10H16N2O3/c1-15-10(14)11-5-7-4-9(13)12(6-7)8-2-3-8/h7-8H,2-6H2,1H3,(H,11,14). The van der Waals surface area contributed by atoms with Gasteiger partial charge in [-0.1, -0.05) is 0 Å². The van der Waals surface area contributed by atoms with Crippen molar-refractivity contribution in [2.45, 2.75) is 25.3 Å². The lowest BCUT2D eigenvalue weighted by molar-refractivity contribution is -0.128. The predicted octanol–water partition coefficient (Wildman–Crippen LogP) is 0.353. The summed E-state index contributed by atoms with van der Waals surface area (Å²) < 4.78 is 4.47. The minimum Gasteiger partial charge on any atom is -0.453 e. The van der Waals surface area contributed by atoms with Crippen LogP contribution in [0.2, 0.25) is 0 Å². The number of alkyl carbamates (subject to hydrolysis) is 1. The summed E-state index contributed by atoms with van der Waals surface area (Å²) in [4.78, 5) is 24.4. The zero-order chi connectivity index (χ0) is 10.8. The van der Waals surface area contributed by atoms with Gasteiger partial charge in [-0.05, 0) is 12.8 Å². The molecule has 1 N–H and O–H groups in total. The Balaban J connectivity index is 1.76. The molecule has 2 rings (SSSR count). The molecule has 0 bridgehead atoms. The van der Waals surface area contributed by atoms with E-state index < -0.39 is 6.09 Å². The molecular weight excluding hydrogens is 196 g/mol. The summed E-state index contributed by atoms with van der Waals surface area (Å²) in [7, 11) is 1.34. The smallest absolute Gasteiger partial charge is 0.406 e. The van der Waals surface area contributed by atoms with Crippen LogP contribution >= 0.6 is 0 Å². The number of carbonyl (C=O) groups is 2. The van der Waals surface area contributed by atoms with Crippen LogP contribution < -0.4 is 5.32 Å². The number of rotatable bonds is 3. The zero-order valence-corrected chi connectivity index (χ0v) is 8.86. The van der Waals surface area contributed by atoms with Crippen LogP contribution in [0.3, 0.4) is 0 Å². The quantitative estimate of drug-likeness (QED) is 0.734. The summed E-state index contributed by atoms with van der Waals surface area (Å²) in [6.07, 6.45) is 2.42. The molecule has 15 heavy (non-hydrogen) atoms.